The Balaban J connectivity index is 2.66. The van der Waals surface area contributed by atoms with E-state index in [1.54, 1.807) is 6.20 Å². The quantitative estimate of drug-likeness (QED) is 0.757. The first kappa shape index (κ1) is 10.9. The molecule has 0 saturated heterocycles. The van der Waals surface area contributed by atoms with Crippen LogP contribution in [0.3, 0.4) is 0 Å². The number of carbonyl (C=O) groups is 1. The van der Waals surface area contributed by atoms with E-state index in [1.165, 1.54) is 6.92 Å². The van der Waals surface area contributed by atoms with Crippen molar-refractivity contribution in [2.75, 3.05) is 0 Å². The van der Waals surface area contributed by atoms with Crippen LogP contribution in [-0.2, 0) is 17.8 Å². The SMILES string of the molecule is CCCn1ccnc1CC(=O)C(C)O. The molecular weight excluding hydrogens is 180 g/mol. The predicted octanol–water partition coefficient (Wildman–Crippen LogP) is 0.785. The molecule has 0 amide bonds. The Bertz CT molecular complexity index is 305. The normalized spacial score (nSPS) is 12.8. The van der Waals surface area contributed by atoms with E-state index in [0.717, 1.165) is 18.8 Å². The Kier molecular flexibility index (Phi) is 3.83. The number of aromatic nitrogens is 2. The number of aliphatic hydroxyl groups excluding tert-OH is 1. The number of hydrogen-bond donors (Lipinski definition) is 1. The summed E-state index contributed by atoms with van der Waals surface area (Å²) in [6.07, 6.45) is 3.85. The molecule has 78 valence electrons. The average molecular weight is 196 g/mol. The van der Waals surface area contributed by atoms with Crippen LogP contribution < -0.4 is 0 Å². The summed E-state index contributed by atoms with van der Waals surface area (Å²) in [5, 5.41) is 9.05. The second kappa shape index (κ2) is 4.91. The van der Waals surface area contributed by atoms with Crippen LogP contribution in [0.4, 0.5) is 0 Å². The van der Waals surface area contributed by atoms with Gasteiger partial charge in [0, 0.05) is 18.9 Å². The summed E-state index contributed by atoms with van der Waals surface area (Å²) in [4.78, 5) is 15.4. The van der Waals surface area contributed by atoms with Gasteiger partial charge in [0.05, 0.1) is 6.42 Å². The maximum Gasteiger partial charge on any atom is 0.168 e. The Morgan fingerprint density at radius 1 is 1.71 bits per heavy atom. The van der Waals surface area contributed by atoms with Gasteiger partial charge in [-0.1, -0.05) is 6.92 Å². The Morgan fingerprint density at radius 2 is 2.43 bits per heavy atom. The van der Waals surface area contributed by atoms with Gasteiger partial charge in [-0.2, -0.15) is 0 Å². The zero-order valence-electron chi connectivity index (χ0n) is 8.60. The number of carbonyl (C=O) groups excluding carboxylic acids is 1. The van der Waals surface area contributed by atoms with Gasteiger partial charge in [-0.3, -0.25) is 4.79 Å². The van der Waals surface area contributed by atoms with Crippen molar-refractivity contribution < 1.29 is 9.90 Å². The zero-order valence-corrected chi connectivity index (χ0v) is 8.60. The molecule has 0 aliphatic heterocycles. The first-order valence-corrected chi connectivity index (χ1v) is 4.86. The van der Waals surface area contributed by atoms with E-state index < -0.39 is 6.10 Å². The second-order valence-corrected chi connectivity index (χ2v) is 3.36. The van der Waals surface area contributed by atoms with Crippen LogP contribution in [0.15, 0.2) is 12.4 Å². The number of Topliss-reactive ketones (excluding diaryl/α,β-unsaturated/α-hetero) is 1. The van der Waals surface area contributed by atoms with Crippen molar-refractivity contribution in [3.8, 4) is 0 Å². The first-order chi connectivity index (χ1) is 6.65. The lowest BCUT2D eigenvalue weighted by Crippen LogP contribution is -2.20. The minimum Gasteiger partial charge on any atom is -0.386 e. The van der Waals surface area contributed by atoms with E-state index >= 15 is 0 Å². The molecule has 0 bridgehead atoms. The van der Waals surface area contributed by atoms with Crippen LogP contribution in [0.1, 0.15) is 26.1 Å². The monoisotopic (exact) mass is 196 g/mol. The smallest absolute Gasteiger partial charge is 0.168 e. The third-order valence-corrected chi connectivity index (χ3v) is 2.06. The molecule has 0 fully saturated rings. The number of hydrogen-bond acceptors (Lipinski definition) is 3. The molecule has 4 nitrogen and oxygen atoms in total. The van der Waals surface area contributed by atoms with Gasteiger partial charge in [0.2, 0.25) is 0 Å². The van der Waals surface area contributed by atoms with E-state index in [9.17, 15) is 4.79 Å². The summed E-state index contributed by atoms with van der Waals surface area (Å²) in [5.41, 5.74) is 0. The van der Waals surface area contributed by atoms with Crippen LogP contribution in [0.2, 0.25) is 0 Å². The lowest BCUT2D eigenvalue weighted by molar-refractivity contribution is -0.125. The van der Waals surface area contributed by atoms with Crippen molar-refractivity contribution in [1.29, 1.82) is 0 Å². The van der Waals surface area contributed by atoms with Crippen molar-refractivity contribution >= 4 is 5.78 Å². The van der Waals surface area contributed by atoms with Crippen LogP contribution in [0, 0.1) is 0 Å². The van der Waals surface area contributed by atoms with Gasteiger partial charge in [-0.15, -0.1) is 0 Å². The minimum absolute atomic E-state index is 0.187. The maximum atomic E-state index is 11.3. The molecule has 0 spiro atoms. The highest BCUT2D eigenvalue weighted by Crippen LogP contribution is 2.02. The third kappa shape index (κ3) is 2.67. The molecule has 0 saturated carbocycles. The molecular formula is C10H16N2O2. The molecule has 14 heavy (non-hydrogen) atoms. The molecule has 4 heteroatoms. The number of aryl methyl sites for hydroxylation is 1. The number of ketones is 1. The van der Waals surface area contributed by atoms with E-state index in [-0.39, 0.29) is 12.2 Å². The molecule has 0 aliphatic carbocycles. The fourth-order valence-electron chi connectivity index (χ4n) is 1.26. The Hall–Kier alpha value is -1.16. The van der Waals surface area contributed by atoms with Crippen LogP contribution in [0.5, 0.6) is 0 Å². The van der Waals surface area contributed by atoms with Crippen LogP contribution >= 0.6 is 0 Å². The van der Waals surface area contributed by atoms with E-state index in [0.29, 0.717) is 0 Å². The Morgan fingerprint density at radius 3 is 3.00 bits per heavy atom. The highest BCUT2D eigenvalue weighted by atomic mass is 16.3. The van der Waals surface area contributed by atoms with Gasteiger partial charge in [0.15, 0.2) is 5.78 Å². The third-order valence-electron chi connectivity index (χ3n) is 2.06. The van der Waals surface area contributed by atoms with Crippen molar-refractivity contribution in [1.82, 2.24) is 9.55 Å². The Labute approximate surface area is 83.6 Å². The molecule has 0 radical (unpaired) electrons. The molecule has 0 aliphatic rings. The van der Waals surface area contributed by atoms with Gasteiger partial charge in [0.25, 0.3) is 0 Å². The predicted molar refractivity (Wildman–Crippen MR) is 52.9 cm³/mol. The number of aliphatic hydroxyl groups is 1. The van der Waals surface area contributed by atoms with Gasteiger partial charge in [-0.25, -0.2) is 4.98 Å². The minimum atomic E-state index is -0.901. The largest absolute Gasteiger partial charge is 0.386 e. The molecule has 1 unspecified atom stereocenters. The number of rotatable bonds is 5. The summed E-state index contributed by atoms with van der Waals surface area (Å²) < 4.78 is 1.94. The van der Waals surface area contributed by atoms with Gasteiger partial charge >= 0.3 is 0 Å². The fourth-order valence-corrected chi connectivity index (χ4v) is 1.26. The van der Waals surface area contributed by atoms with E-state index in [4.69, 9.17) is 5.11 Å². The summed E-state index contributed by atoms with van der Waals surface area (Å²) in [6, 6.07) is 0. The topological polar surface area (TPSA) is 55.1 Å². The van der Waals surface area contributed by atoms with Gasteiger partial charge in [0.1, 0.15) is 11.9 Å². The molecule has 1 aromatic heterocycles. The fraction of sp³-hybridized carbons (Fsp3) is 0.600. The van der Waals surface area contributed by atoms with Crippen molar-refractivity contribution in [3.63, 3.8) is 0 Å². The molecule has 1 aromatic rings. The van der Waals surface area contributed by atoms with Crippen molar-refractivity contribution in [2.24, 2.45) is 0 Å². The van der Waals surface area contributed by atoms with Gasteiger partial charge < -0.3 is 9.67 Å². The number of imidazole rings is 1. The van der Waals surface area contributed by atoms with Crippen LogP contribution in [-0.4, -0.2) is 26.5 Å². The highest BCUT2D eigenvalue weighted by Gasteiger charge is 2.12. The molecule has 0 aromatic carbocycles. The van der Waals surface area contributed by atoms with Crippen molar-refractivity contribution in [2.45, 2.75) is 39.3 Å². The summed E-state index contributed by atoms with van der Waals surface area (Å²) in [7, 11) is 0. The van der Waals surface area contributed by atoms with E-state index in [2.05, 4.69) is 11.9 Å². The van der Waals surface area contributed by atoms with E-state index in [1.807, 2.05) is 10.8 Å². The first-order valence-electron chi connectivity index (χ1n) is 4.86. The standard InChI is InChI=1S/C10H16N2O2/c1-3-5-12-6-4-11-10(12)7-9(14)8(2)13/h4,6,8,13H,3,5,7H2,1-2H3. The lowest BCUT2D eigenvalue weighted by atomic mass is 10.2. The average Bonchev–Trinajstić information content (AvgIpc) is 2.53. The van der Waals surface area contributed by atoms with Gasteiger partial charge in [-0.05, 0) is 13.3 Å². The highest BCUT2D eigenvalue weighted by molar-refractivity contribution is 5.83. The molecule has 1 rings (SSSR count). The maximum absolute atomic E-state index is 11.3. The zero-order chi connectivity index (χ0) is 10.6. The molecule has 1 heterocycles. The summed E-state index contributed by atoms with van der Waals surface area (Å²) >= 11 is 0. The lowest BCUT2D eigenvalue weighted by Gasteiger charge is -2.06. The summed E-state index contributed by atoms with van der Waals surface area (Å²) in [5.74, 6) is 0.548. The van der Waals surface area contributed by atoms with Crippen molar-refractivity contribution in [3.05, 3.63) is 18.2 Å². The van der Waals surface area contributed by atoms with Crippen LogP contribution in [0.25, 0.3) is 0 Å². The molecule has 1 N–H and O–H groups in total. The summed E-state index contributed by atoms with van der Waals surface area (Å²) in [6.45, 7) is 4.41. The number of nitrogens with zero attached hydrogens (tertiary/aromatic N) is 2. The molecule has 1 atom stereocenters. The second-order valence-electron chi connectivity index (χ2n) is 3.36.